The van der Waals surface area contributed by atoms with Gasteiger partial charge in [-0.1, -0.05) is 25.7 Å². The number of guanidine groups is 1. The minimum atomic E-state index is -0.505. The molecule has 1 atom stereocenters. The summed E-state index contributed by atoms with van der Waals surface area (Å²) in [6, 6.07) is 0.0427. The highest BCUT2D eigenvalue weighted by atomic mass is 16.5. The molecular weight excluding hydrogens is 498 g/mol. The lowest BCUT2D eigenvalue weighted by Gasteiger charge is -2.32. The van der Waals surface area contributed by atoms with Gasteiger partial charge in [-0.2, -0.15) is 5.26 Å². The molecule has 2 saturated carbocycles. The molecule has 0 aromatic rings. The molecule has 0 radical (unpaired) electrons. The molecule has 11 heteroatoms. The SMILES string of the molecule is CN1CCN(CCOC(=O)NC(=NCCC(C(=O)N(C#N)C2CCCC2)C2CCCC2)N2CCOCC2)CC1. The molecule has 2 amide bonds. The molecule has 2 saturated heterocycles. The monoisotopic (exact) mass is 545 g/mol. The lowest BCUT2D eigenvalue weighted by atomic mass is 9.86. The molecule has 0 aromatic heterocycles. The highest BCUT2D eigenvalue weighted by molar-refractivity contribution is 5.94. The van der Waals surface area contributed by atoms with Crippen molar-refractivity contribution in [2.24, 2.45) is 16.8 Å². The number of aliphatic imine (C=N–C) groups is 1. The summed E-state index contributed by atoms with van der Waals surface area (Å²) in [6.07, 6.45) is 10.6. The zero-order valence-corrected chi connectivity index (χ0v) is 23.7. The first kappa shape index (κ1) is 29.6. The van der Waals surface area contributed by atoms with E-state index in [1.165, 1.54) is 4.90 Å². The molecule has 0 bridgehead atoms. The Morgan fingerprint density at radius 3 is 2.38 bits per heavy atom. The van der Waals surface area contributed by atoms with E-state index in [-0.39, 0.29) is 17.9 Å². The number of nitriles is 1. The minimum absolute atomic E-state index is 0.0318. The van der Waals surface area contributed by atoms with E-state index in [0.717, 1.165) is 77.5 Å². The van der Waals surface area contributed by atoms with Crippen LogP contribution < -0.4 is 5.32 Å². The molecule has 4 rings (SSSR count). The summed E-state index contributed by atoms with van der Waals surface area (Å²) in [6.45, 7) is 7.87. The van der Waals surface area contributed by atoms with E-state index >= 15 is 0 Å². The van der Waals surface area contributed by atoms with Gasteiger partial charge in [0, 0.05) is 64.3 Å². The maximum absolute atomic E-state index is 13.6. The Kier molecular flexibility index (Phi) is 11.7. The number of amides is 2. The van der Waals surface area contributed by atoms with Crippen LogP contribution >= 0.6 is 0 Å². The van der Waals surface area contributed by atoms with Crippen molar-refractivity contribution in [3.8, 4) is 6.19 Å². The molecule has 2 aliphatic heterocycles. The van der Waals surface area contributed by atoms with Gasteiger partial charge in [-0.3, -0.25) is 20.0 Å². The lowest BCUT2D eigenvalue weighted by molar-refractivity contribution is -0.136. The van der Waals surface area contributed by atoms with Crippen LogP contribution in [0.5, 0.6) is 0 Å². The van der Waals surface area contributed by atoms with Crippen molar-refractivity contribution >= 4 is 18.0 Å². The number of alkyl carbamates (subject to hydrolysis) is 1. The van der Waals surface area contributed by atoms with Crippen LogP contribution in [0, 0.1) is 23.3 Å². The van der Waals surface area contributed by atoms with Crippen molar-refractivity contribution in [2.45, 2.75) is 63.8 Å². The summed E-state index contributed by atoms with van der Waals surface area (Å²) in [5.74, 6) is 0.534. The zero-order chi connectivity index (χ0) is 27.5. The van der Waals surface area contributed by atoms with E-state index in [1.54, 1.807) is 0 Å². The number of hydrogen-bond acceptors (Lipinski definition) is 8. The van der Waals surface area contributed by atoms with Gasteiger partial charge in [0.05, 0.1) is 13.2 Å². The number of carbonyl (C=O) groups excluding carboxylic acids is 2. The van der Waals surface area contributed by atoms with Gasteiger partial charge in [0.2, 0.25) is 11.9 Å². The van der Waals surface area contributed by atoms with Crippen molar-refractivity contribution < 1.29 is 19.1 Å². The number of carbonyl (C=O) groups is 2. The van der Waals surface area contributed by atoms with Crippen LogP contribution in [0.3, 0.4) is 0 Å². The molecule has 218 valence electrons. The molecule has 11 nitrogen and oxygen atoms in total. The van der Waals surface area contributed by atoms with Crippen LogP contribution in [-0.4, -0.2) is 123 Å². The number of ether oxygens (including phenoxy) is 2. The van der Waals surface area contributed by atoms with E-state index in [1.807, 2.05) is 4.90 Å². The maximum Gasteiger partial charge on any atom is 0.414 e. The molecule has 0 aromatic carbocycles. The van der Waals surface area contributed by atoms with Crippen LogP contribution in [-0.2, 0) is 14.3 Å². The lowest BCUT2D eigenvalue weighted by Crippen LogP contribution is -2.50. The fourth-order valence-corrected chi connectivity index (χ4v) is 6.34. The summed E-state index contributed by atoms with van der Waals surface area (Å²) in [4.78, 5) is 39.1. The van der Waals surface area contributed by atoms with Crippen molar-refractivity contribution in [3.63, 3.8) is 0 Å². The average Bonchev–Trinajstić information content (AvgIpc) is 3.68. The summed E-state index contributed by atoms with van der Waals surface area (Å²) in [7, 11) is 2.12. The number of rotatable bonds is 9. The summed E-state index contributed by atoms with van der Waals surface area (Å²) >= 11 is 0. The summed E-state index contributed by atoms with van der Waals surface area (Å²) in [5.41, 5.74) is 0. The number of nitrogens with one attached hydrogen (secondary N) is 1. The number of nitrogens with zero attached hydrogens (tertiary/aromatic N) is 6. The van der Waals surface area contributed by atoms with E-state index in [0.29, 0.717) is 64.3 Å². The second-order valence-corrected chi connectivity index (χ2v) is 11.4. The molecule has 4 fully saturated rings. The van der Waals surface area contributed by atoms with Crippen molar-refractivity contribution in [1.82, 2.24) is 24.9 Å². The molecule has 2 heterocycles. The van der Waals surface area contributed by atoms with E-state index in [2.05, 4.69) is 28.4 Å². The molecule has 4 aliphatic rings. The molecule has 2 aliphatic carbocycles. The fraction of sp³-hybridized carbons (Fsp3) is 0.857. The third kappa shape index (κ3) is 8.78. The standard InChI is InChI=1S/C28H47N7O4/c1-32-12-14-33(15-13-32)16-21-39-28(37)31-27(34-17-19-38-20-18-34)30-11-10-25(23-6-2-3-7-23)26(36)35(22-29)24-8-4-5-9-24/h23-25H,2-21H2,1H3,(H,30,31,37). The number of hydrogen-bond donors (Lipinski definition) is 1. The van der Waals surface area contributed by atoms with Gasteiger partial charge in [0.1, 0.15) is 6.61 Å². The predicted octanol–water partition coefficient (Wildman–Crippen LogP) is 2.10. The third-order valence-electron chi connectivity index (χ3n) is 8.78. The third-order valence-corrected chi connectivity index (χ3v) is 8.78. The first-order chi connectivity index (χ1) is 19.0. The van der Waals surface area contributed by atoms with Gasteiger partial charge in [0.15, 0.2) is 6.19 Å². The minimum Gasteiger partial charge on any atom is -0.448 e. The maximum atomic E-state index is 13.6. The van der Waals surface area contributed by atoms with Crippen LogP contribution in [0.1, 0.15) is 57.8 Å². The predicted molar refractivity (Wildman–Crippen MR) is 148 cm³/mol. The molecule has 1 N–H and O–H groups in total. The smallest absolute Gasteiger partial charge is 0.414 e. The Morgan fingerprint density at radius 1 is 1.05 bits per heavy atom. The summed E-state index contributed by atoms with van der Waals surface area (Å²) < 4.78 is 11.0. The van der Waals surface area contributed by atoms with Gasteiger partial charge >= 0.3 is 6.09 Å². The van der Waals surface area contributed by atoms with Crippen molar-refractivity contribution in [1.29, 1.82) is 5.26 Å². The van der Waals surface area contributed by atoms with Crippen LogP contribution in [0.15, 0.2) is 4.99 Å². The van der Waals surface area contributed by atoms with Gasteiger partial charge in [-0.15, -0.1) is 0 Å². The van der Waals surface area contributed by atoms with E-state index < -0.39 is 6.09 Å². The van der Waals surface area contributed by atoms with Gasteiger partial charge in [-0.05, 0) is 45.1 Å². The first-order valence-corrected chi connectivity index (χ1v) is 15.0. The number of piperazine rings is 1. The molecule has 0 spiro atoms. The van der Waals surface area contributed by atoms with Gasteiger partial charge in [0.25, 0.3) is 0 Å². The van der Waals surface area contributed by atoms with E-state index in [4.69, 9.17) is 14.5 Å². The fourth-order valence-electron chi connectivity index (χ4n) is 6.34. The number of morpholine rings is 1. The Morgan fingerprint density at radius 2 is 1.72 bits per heavy atom. The highest BCUT2D eigenvalue weighted by Gasteiger charge is 2.37. The Bertz CT molecular complexity index is 852. The Balaban J connectivity index is 1.34. The first-order valence-electron chi connectivity index (χ1n) is 15.0. The second kappa shape index (κ2) is 15.4. The quantitative estimate of drug-likeness (QED) is 0.203. The number of likely N-dealkylation sites (N-methyl/N-ethyl adjacent to an activating group) is 1. The molecular formula is C28H47N7O4. The average molecular weight is 546 g/mol. The molecule has 39 heavy (non-hydrogen) atoms. The van der Waals surface area contributed by atoms with Crippen LogP contribution in [0.4, 0.5) is 4.79 Å². The Labute approximate surface area is 233 Å². The highest BCUT2D eigenvalue weighted by Crippen LogP contribution is 2.35. The van der Waals surface area contributed by atoms with Gasteiger partial charge in [-0.25, -0.2) is 9.69 Å². The molecule has 1 unspecified atom stereocenters. The summed E-state index contributed by atoms with van der Waals surface area (Å²) in [5, 5.41) is 12.7. The Hall–Kier alpha value is -2.42. The van der Waals surface area contributed by atoms with Crippen LogP contribution in [0.25, 0.3) is 0 Å². The second-order valence-electron chi connectivity index (χ2n) is 11.4. The van der Waals surface area contributed by atoms with Crippen molar-refractivity contribution in [2.75, 3.05) is 79.2 Å². The largest absolute Gasteiger partial charge is 0.448 e. The van der Waals surface area contributed by atoms with Crippen molar-refractivity contribution in [3.05, 3.63) is 0 Å². The van der Waals surface area contributed by atoms with Crippen LogP contribution in [0.2, 0.25) is 0 Å². The zero-order valence-electron chi connectivity index (χ0n) is 23.7. The topological polar surface area (TPSA) is 114 Å². The van der Waals surface area contributed by atoms with E-state index in [9.17, 15) is 14.9 Å². The normalized spacial score (nSPS) is 23.0. The van der Waals surface area contributed by atoms with Gasteiger partial charge < -0.3 is 19.3 Å².